The summed E-state index contributed by atoms with van der Waals surface area (Å²) in [6.07, 6.45) is 5.63. The Balaban J connectivity index is 2.64. The number of benzene rings is 1. The van der Waals surface area contributed by atoms with Gasteiger partial charge in [-0.2, -0.15) is 8.42 Å². The van der Waals surface area contributed by atoms with Crippen molar-refractivity contribution in [2.75, 3.05) is 0 Å². The van der Waals surface area contributed by atoms with Gasteiger partial charge in [0.05, 0.1) is 4.86 Å². The van der Waals surface area contributed by atoms with Crippen LogP contribution in [0.4, 0.5) is 0 Å². The zero-order valence-corrected chi connectivity index (χ0v) is 9.24. The maximum absolute atomic E-state index is 11.1. The summed E-state index contributed by atoms with van der Waals surface area (Å²) in [5.74, 6) is 0.0898. The van der Waals surface area contributed by atoms with Gasteiger partial charge in [0.1, 0.15) is 5.75 Å². The number of hydrogen-bond donors (Lipinski definition) is 1. The standard InChI is InChI=1S/C12H10O3S/c13-11-7-3-1-5-9(11)10-6-2-4-8-12(10)16(14)15/h1-7,13H,8H2. The molecule has 0 saturated carbocycles. The SMILES string of the molecule is O=S(=O)=C1CC=CC=C1c1ccccc1O. The maximum atomic E-state index is 11.1. The molecule has 0 radical (unpaired) electrons. The minimum absolute atomic E-state index is 0.0898. The second kappa shape index (κ2) is 4.37. The van der Waals surface area contributed by atoms with Crippen molar-refractivity contribution in [1.82, 2.24) is 0 Å². The highest BCUT2D eigenvalue weighted by Gasteiger charge is 2.15. The van der Waals surface area contributed by atoms with E-state index in [9.17, 15) is 13.5 Å². The van der Waals surface area contributed by atoms with E-state index in [2.05, 4.69) is 0 Å². The first-order chi connectivity index (χ1) is 7.70. The van der Waals surface area contributed by atoms with Gasteiger partial charge < -0.3 is 5.11 Å². The molecule has 1 aliphatic rings. The Morgan fingerprint density at radius 3 is 2.62 bits per heavy atom. The fourth-order valence-electron chi connectivity index (χ4n) is 1.64. The summed E-state index contributed by atoms with van der Waals surface area (Å²) in [5, 5.41) is 9.68. The molecule has 1 aromatic rings. The van der Waals surface area contributed by atoms with Gasteiger partial charge in [-0.1, -0.05) is 36.4 Å². The predicted molar refractivity (Wildman–Crippen MR) is 63.8 cm³/mol. The van der Waals surface area contributed by atoms with Crippen LogP contribution in [0.15, 0.2) is 42.5 Å². The summed E-state index contributed by atoms with van der Waals surface area (Å²) in [7, 11) is -2.25. The molecule has 1 aromatic carbocycles. The second-order valence-electron chi connectivity index (χ2n) is 3.39. The first kappa shape index (κ1) is 10.7. The number of hydrogen-bond acceptors (Lipinski definition) is 3. The molecule has 0 aromatic heterocycles. The number of phenolic OH excluding ortho intramolecular Hbond substituents is 1. The minimum Gasteiger partial charge on any atom is -0.507 e. The Kier molecular flexibility index (Phi) is 2.92. The second-order valence-corrected chi connectivity index (χ2v) is 4.35. The van der Waals surface area contributed by atoms with Crippen molar-refractivity contribution in [2.24, 2.45) is 0 Å². The zero-order valence-electron chi connectivity index (χ0n) is 8.42. The highest BCUT2D eigenvalue weighted by Crippen LogP contribution is 2.28. The normalized spacial score (nSPS) is 14.8. The molecule has 0 unspecified atom stereocenters. The molecule has 4 heteroatoms. The van der Waals surface area contributed by atoms with Crippen LogP contribution in [0, 0.1) is 0 Å². The van der Waals surface area contributed by atoms with Crippen LogP contribution in [-0.4, -0.2) is 18.4 Å². The summed E-state index contributed by atoms with van der Waals surface area (Å²) < 4.78 is 22.1. The molecule has 0 fully saturated rings. The van der Waals surface area contributed by atoms with Gasteiger partial charge in [0, 0.05) is 17.6 Å². The van der Waals surface area contributed by atoms with Crippen LogP contribution in [0.2, 0.25) is 0 Å². The number of aromatic hydroxyl groups is 1. The quantitative estimate of drug-likeness (QED) is 0.754. The van der Waals surface area contributed by atoms with Crippen molar-refractivity contribution >= 4 is 20.7 Å². The number of rotatable bonds is 1. The van der Waals surface area contributed by atoms with Gasteiger partial charge in [-0.15, -0.1) is 0 Å². The van der Waals surface area contributed by atoms with E-state index in [4.69, 9.17) is 0 Å². The Hall–Kier alpha value is -1.81. The summed E-state index contributed by atoms with van der Waals surface area (Å²) in [6, 6.07) is 6.71. The van der Waals surface area contributed by atoms with E-state index in [0.717, 1.165) is 0 Å². The van der Waals surface area contributed by atoms with E-state index in [0.29, 0.717) is 22.4 Å². The molecule has 0 saturated heterocycles. The first-order valence-corrected chi connectivity index (χ1v) is 5.88. The number of phenols is 1. The van der Waals surface area contributed by atoms with Crippen molar-refractivity contribution in [2.45, 2.75) is 6.42 Å². The molecule has 82 valence electrons. The van der Waals surface area contributed by atoms with E-state index in [1.54, 1.807) is 42.5 Å². The molecular formula is C12H10O3S. The van der Waals surface area contributed by atoms with Gasteiger partial charge in [0.15, 0.2) is 0 Å². The van der Waals surface area contributed by atoms with Crippen LogP contribution in [0.3, 0.4) is 0 Å². The lowest BCUT2D eigenvalue weighted by Gasteiger charge is -2.11. The van der Waals surface area contributed by atoms with E-state index < -0.39 is 10.3 Å². The molecule has 2 rings (SSSR count). The summed E-state index contributed by atoms with van der Waals surface area (Å²) in [6.45, 7) is 0. The number of para-hydroxylation sites is 1. The fourth-order valence-corrected chi connectivity index (χ4v) is 2.23. The third-order valence-electron chi connectivity index (χ3n) is 2.40. The van der Waals surface area contributed by atoms with Gasteiger partial charge in [-0.3, -0.25) is 0 Å². The lowest BCUT2D eigenvalue weighted by atomic mass is 9.96. The van der Waals surface area contributed by atoms with Gasteiger partial charge in [-0.25, -0.2) is 0 Å². The fraction of sp³-hybridized carbons (Fsp3) is 0.0833. The van der Waals surface area contributed by atoms with Crippen molar-refractivity contribution in [3.63, 3.8) is 0 Å². The Labute approximate surface area is 94.9 Å². The lowest BCUT2D eigenvalue weighted by Crippen LogP contribution is -2.05. The molecule has 0 bridgehead atoms. The third kappa shape index (κ3) is 1.92. The molecule has 0 amide bonds. The van der Waals surface area contributed by atoms with Crippen LogP contribution < -0.4 is 0 Å². The molecule has 16 heavy (non-hydrogen) atoms. The molecule has 0 atom stereocenters. The molecule has 0 heterocycles. The van der Waals surface area contributed by atoms with Gasteiger partial charge >= 0.3 is 0 Å². The number of allylic oxidation sites excluding steroid dienone is 4. The van der Waals surface area contributed by atoms with Gasteiger partial charge in [0.25, 0.3) is 0 Å². The minimum atomic E-state index is -2.25. The maximum Gasteiger partial charge on any atom is 0.218 e. The predicted octanol–water partition coefficient (Wildman–Crippen LogP) is 1.79. The lowest BCUT2D eigenvalue weighted by molar-refractivity contribution is 0.474. The van der Waals surface area contributed by atoms with E-state index in [1.807, 2.05) is 0 Å². The Morgan fingerprint density at radius 1 is 1.19 bits per heavy atom. The Morgan fingerprint density at radius 2 is 1.94 bits per heavy atom. The average Bonchev–Trinajstić information content (AvgIpc) is 2.29. The van der Waals surface area contributed by atoms with E-state index >= 15 is 0 Å². The highest BCUT2D eigenvalue weighted by molar-refractivity contribution is 7.74. The van der Waals surface area contributed by atoms with Crippen LogP contribution in [-0.2, 0) is 10.3 Å². The van der Waals surface area contributed by atoms with Crippen molar-refractivity contribution in [3.05, 3.63) is 48.1 Å². The molecule has 1 aliphatic carbocycles. The molecular weight excluding hydrogens is 224 g/mol. The third-order valence-corrected chi connectivity index (χ3v) is 3.19. The van der Waals surface area contributed by atoms with Crippen LogP contribution >= 0.6 is 0 Å². The first-order valence-electron chi connectivity index (χ1n) is 4.81. The zero-order chi connectivity index (χ0) is 11.5. The highest BCUT2D eigenvalue weighted by atomic mass is 32.2. The van der Waals surface area contributed by atoms with Gasteiger partial charge in [-0.05, 0) is 6.07 Å². The average molecular weight is 234 g/mol. The van der Waals surface area contributed by atoms with Crippen molar-refractivity contribution in [1.29, 1.82) is 0 Å². The van der Waals surface area contributed by atoms with Crippen LogP contribution in [0.1, 0.15) is 12.0 Å². The Bertz CT molecular complexity index is 599. The summed E-state index contributed by atoms with van der Waals surface area (Å²) in [5.41, 5.74) is 1.11. The molecule has 1 N–H and O–H groups in total. The van der Waals surface area contributed by atoms with Crippen molar-refractivity contribution in [3.8, 4) is 5.75 Å². The largest absolute Gasteiger partial charge is 0.507 e. The van der Waals surface area contributed by atoms with Crippen molar-refractivity contribution < 1.29 is 13.5 Å². The topological polar surface area (TPSA) is 54.4 Å². The van der Waals surface area contributed by atoms with Gasteiger partial charge in [0.2, 0.25) is 10.3 Å². The molecule has 3 nitrogen and oxygen atoms in total. The molecule has 0 aliphatic heterocycles. The van der Waals surface area contributed by atoms with Crippen LogP contribution in [0.25, 0.3) is 5.57 Å². The monoisotopic (exact) mass is 234 g/mol. The summed E-state index contributed by atoms with van der Waals surface area (Å²) >= 11 is 0. The van der Waals surface area contributed by atoms with E-state index in [1.165, 1.54) is 0 Å². The van der Waals surface area contributed by atoms with Crippen LogP contribution in [0.5, 0.6) is 5.75 Å². The van der Waals surface area contributed by atoms with E-state index in [-0.39, 0.29) is 5.75 Å². The summed E-state index contributed by atoms with van der Waals surface area (Å²) in [4.78, 5) is 0.309. The smallest absolute Gasteiger partial charge is 0.218 e. The molecule has 0 spiro atoms.